The van der Waals surface area contributed by atoms with Crippen molar-refractivity contribution in [1.29, 1.82) is 0 Å². The molecule has 0 bridgehead atoms. The van der Waals surface area contributed by atoms with Gasteiger partial charge in [-0.3, -0.25) is 0 Å². The van der Waals surface area contributed by atoms with Gasteiger partial charge in [-0.05, 0) is 24.3 Å². The standard InChI is InChI=1S/C11H14N4S/c1-7-5-16-10-9(7)13-6-14-11(10)15-3-2-8(12)4-15/h5-6,8H,2-4,12H2,1H3. The van der Waals surface area contributed by atoms with Crippen molar-refractivity contribution in [3.05, 3.63) is 17.3 Å². The summed E-state index contributed by atoms with van der Waals surface area (Å²) in [6.45, 7) is 4.00. The van der Waals surface area contributed by atoms with Crippen molar-refractivity contribution in [2.24, 2.45) is 5.73 Å². The zero-order valence-electron chi connectivity index (χ0n) is 9.18. The van der Waals surface area contributed by atoms with Gasteiger partial charge in [0, 0.05) is 19.1 Å². The fourth-order valence-corrected chi connectivity index (χ4v) is 3.18. The SMILES string of the molecule is Cc1csc2c(N3CCC(N)C3)ncnc12. The van der Waals surface area contributed by atoms with Crippen LogP contribution in [0.25, 0.3) is 10.2 Å². The van der Waals surface area contributed by atoms with Gasteiger partial charge in [0.25, 0.3) is 0 Å². The molecule has 1 aliphatic rings. The monoisotopic (exact) mass is 234 g/mol. The van der Waals surface area contributed by atoms with Crippen LogP contribution in [0.3, 0.4) is 0 Å². The lowest BCUT2D eigenvalue weighted by Gasteiger charge is -2.16. The van der Waals surface area contributed by atoms with Gasteiger partial charge in [-0.2, -0.15) is 0 Å². The van der Waals surface area contributed by atoms with E-state index >= 15 is 0 Å². The number of fused-ring (bicyclic) bond motifs is 1. The molecule has 1 saturated heterocycles. The van der Waals surface area contributed by atoms with Crippen molar-refractivity contribution < 1.29 is 0 Å². The maximum absolute atomic E-state index is 5.93. The molecule has 0 saturated carbocycles. The Morgan fingerprint density at radius 3 is 3.12 bits per heavy atom. The molecule has 84 valence electrons. The van der Waals surface area contributed by atoms with Crippen LogP contribution in [0.5, 0.6) is 0 Å². The van der Waals surface area contributed by atoms with E-state index < -0.39 is 0 Å². The molecule has 0 radical (unpaired) electrons. The number of thiophene rings is 1. The Balaban J connectivity index is 2.09. The highest BCUT2D eigenvalue weighted by molar-refractivity contribution is 7.18. The minimum absolute atomic E-state index is 0.283. The molecule has 16 heavy (non-hydrogen) atoms. The highest BCUT2D eigenvalue weighted by Gasteiger charge is 2.22. The van der Waals surface area contributed by atoms with Gasteiger partial charge in [-0.15, -0.1) is 11.3 Å². The van der Waals surface area contributed by atoms with Crippen LogP contribution in [0.1, 0.15) is 12.0 Å². The van der Waals surface area contributed by atoms with E-state index in [1.54, 1.807) is 17.7 Å². The molecule has 1 atom stereocenters. The quantitative estimate of drug-likeness (QED) is 0.813. The first kappa shape index (κ1) is 9.99. The summed E-state index contributed by atoms with van der Waals surface area (Å²) in [4.78, 5) is 11.0. The van der Waals surface area contributed by atoms with E-state index in [9.17, 15) is 0 Å². The van der Waals surface area contributed by atoms with Gasteiger partial charge in [-0.1, -0.05) is 0 Å². The zero-order valence-corrected chi connectivity index (χ0v) is 10.00. The van der Waals surface area contributed by atoms with Crippen molar-refractivity contribution in [3.8, 4) is 0 Å². The summed E-state index contributed by atoms with van der Waals surface area (Å²) in [7, 11) is 0. The first-order valence-corrected chi connectivity index (χ1v) is 6.33. The third-order valence-corrected chi connectivity index (χ3v) is 4.12. The number of aryl methyl sites for hydroxylation is 1. The number of aromatic nitrogens is 2. The lowest BCUT2D eigenvalue weighted by Crippen LogP contribution is -2.26. The molecule has 2 aromatic heterocycles. The molecule has 0 amide bonds. The Kier molecular flexibility index (Phi) is 2.29. The molecular formula is C11H14N4S. The molecule has 1 aliphatic heterocycles. The number of anilines is 1. The molecule has 5 heteroatoms. The second-order valence-corrected chi connectivity index (χ2v) is 5.17. The van der Waals surface area contributed by atoms with Gasteiger partial charge < -0.3 is 10.6 Å². The fraction of sp³-hybridized carbons (Fsp3) is 0.455. The predicted molar refractivity (Wildman–Crippen MR) is 67.0 cm³/mol. The van der Waals surface area contributed by atoms with Crippen molar-refractivity contribution in [2.45, 2.75) is 19.4 Å². The molecule has 2 N–H and O–H groups in total. The number of hydrogen-bond acceptors (Lipinski definition) is 5. The summed E-state index contributed by atoms with van der Waals surface area (Å²) in [5, 5.41) is 2.14. The maximum Gasteiger partial charge on any atom is 0.150 e. The van der Waals surface area contributed by atoms with E-state index in [1.807, 2.05) is 0 Å². The van der Waals surface area contributed by atoms with E-state index in [0.717, 1.165) is 30.8 Å². The largest absolute Gasteiger partial charge is 0.354 e. The van der Waals surface area contributed by atoms with Crippen molar-refractivity contribution in [1.82, 2.24) is 9.97 Å². The number of rotatable bonds is 1. The average molecular weight is 234 g/mol. The number of nitrogens with two attached hydrogens (primary N) is 1. The third-order valence-electron chi connectivity index (χ3n) is 3.04. The number of hydrogen-bond donors (Lipinski definition) is 1. The van der Waals surface area contributed by atoms with Crippen LogP contribution >= 0.6 is 11.3 Å². The van der Waals surface area contributed by atoms with Gasteiger partial charge in [0.2, 0.25) is 0 Å². The topological polar surface area (TPSA) is 55.0 Å². The summed E-state index contributed by atoms with van der Waals surface area (Å²) in [5.74, 6) is 1.05. The van der Waals surface area contributed by atoms with Gasteiger partial charge in [0.15, 0.2) is 0 Å². The van der Waals surface area contributed by atoms with E-state index in [-0.39, 0.29) is 6.04 Å². The van der Waals surface area contributed by atoms with Crippen LogP contribution in [-0.4, -0.2) is 29.1 Å². The number of nitrogens with zero attached hydrogens (tertiary/aromatic N) is 3. The molecular weight excluding hydrogens is 220 g/mol. The smallest absolute Gasteiger partial charge is 0.150 e. The van der Waals surface area contributed by atoms with E-state index in [4.69, 9.17) is 5.73 Å². The summed E-state index contributed by atoms with van der Waals surface area (Å²) < 4.78 is 1.19. The van der Waals surface area contributed by atoms with E-state index in [2.05, 4.69) is 27.2 Å². The molecule has 1 unspecified atom stereocenters. The Labute approximate surface area is 98.1 Å². The Morgan fingerprint density at radius 1 is 1.50 bits per heavy atom. The Morgan fingerprint density at radius 2 is 2.38 bits per heavy atom. The van der Waals surface area contributed by atoms with E-state index in [1.165, 1.54) is 10.3 Å². The molecule has 0 aromatic carbocycles. The summed E-state index contributed by atoms with van der Waals surface area (Å²) in [6, 6.07) is 0.283. The molecule has 3 rings (SSSR count). The first-order valence-electron chi connectivity index (χ1n) is 5.45. The molecule has 0 spiro atoms. The molecule has 1 fully saturated rings. The van der Waals surface area contributed by atoms with Crippen molar-refractivity contribution in [3.63, 3.8) is 0 Å². The lowest BCUT2D eigenvalue weighted by atomic mass is 10.3. The minimum Gasteiger partial charge on any atom is -0.354 e. The minimum atomic E-state index is 0.283. The van der Waals surface area contributed by atoms with Crippen LogP contribution in [0.15, 0.2) is 11.7 Å². The second kappa shape index (κ2) is 3.68. The van der Waals surface area contributed by atoms with Gasteiger partial charge in [-0.25, -0.2) is 9.97 Å². The van der Waals surface area contributed by atoms with Crippen LogP contribution in [-0.2, 0) is 0 Å². The van der Waals surface area contributed by atoms with Crippen LogP contribution in [0.4, 0.5) is 5.82 Å². The molecule has 3 heterocycles. The first-order chi connectivity index (χ1) is 7.75. The lowest BCUT2D eigenvalue weighted by molar-refractivity contribution is 0.751. The second-order valence-electron chi connectivity index (χ2n) is 4.29. The average Bonchev–Trinajstić information content (AvgIpc) is 2.86. The highest BCUT2D eigenvalue weighted by atomic mass is 32.1. The summed E-state index contributed by atoms with van der Waals surface area (Å²) in [6.07, 6.45) is 2.71. The van der Waals surface area contributed by atoms with Crippen LogP contribution in [0, 0.1) is 6.92 Å². The van der Waals surface area contributed by atoms with Crippen molar-refractivity contribution >= 4 is 27.4 Å². The van der Waals surface area contributed by atoms with Gasteiger partial charge in [0.05, 0.1) is 10.2 Å². The Bertz CT molecular complexity index is 522. The molecule has 0 aliphatic carbocycles. The fourth-order valence-electron chi connectivity index (χ4n) is 2.16. The highest BCUT2D eigenvalue weighted by Crippen LogP contribution is 2.32. The summed E-state index contributed by atoms with van der Waals surface area (Å²) >= 11 is 1.72. The normalized spacial score (nSPS) is 20.9. The van der Waals surface area contributed by atoms with E-state index in [0.29, 0.717) is 0 Å². The zero-order chi connectivity index (χ0) is 11.1. The Hall–Kier alpha value is -1.20. The van der Waals surface area contributed by atoms with Crippen LogP contribution in [0.2, 0.25) is 0 Å². The predicted octanol–water partition coefficient (Wildman–Crippen LogP) is 1.54. The van der Waals surface area contributed by atoms with Gasteiger partial charge in [0.1, 0.15) is 12.1 Å². The summed E-state index contributed by atoms with van der Waals surface area (Å²) in [5.41, 5.74) is 8.24. The third kappa shape index (κ3) is 1.47. The van der Waals surface area contributed by atoms with Gasteiger partial charge >= 0.3 is 0 Å². The van der Waals surface area contributed by atoms with Crippen molar-refractivity contribution in [2.75, 3.05) is 18.0 Å². The maximum atomic E-state index is 5.93. The molecule has 4 nitrogen and oxygen atoms in total. The molecule has 2 aromatic rings. The van der Waals surface area contributed by atoms with Crippen LogP contribution < -0.4 is 10.6 Å².